The fourth-order valence-electron chi connectivity index (χ4n) is 2.48. The minimum Gasteiger partial charge on any atom is -0.489 e. The molecule has 0 heterocycles. The fraction of sp³-hybridized carbons (Fsp3) is 0.294. The Hall–Kier alpha value is -1.80. The van der Waals surface area contributed by atoms with Crippen LogP contribution in [0, 0.1) is 0 Å². The number of nitrogens with two attached hydrogens (primary N) is 1. The maximum absolute atomic E-state index is 6.34. The topological polar surface area (TPSA) is 35.2 Å². The predicted molar refractivity (Wildman–Crippen MR) is 76.9 cm³/mol. The molecule has 2 N–H and O–H groups in total. The van der Waals surface area contributed by atoms with Crippen LogP contribution in [0.15, 0.2) is 54.6 Å². The Labute approximate surface area is 114 Å². The zero-order valence-electron chi connectivity index (χ0n) is 11.0. The van der Waals surface area contributed by atoms with Gasteiger partial charge in [-0.05, 0) is 42.5 Å². The van der Waals surface area contributed by atoms with Gasteiger partial charge in [0.2, 0.25) is 0 Å². The summed E-state index contributed by atoms with van der Waals surface area (Å²) in [5, 5.41) is 0. The first kappa shape index (κ1) is 12.2. The van der Waals surface area contributed by atoms with E-state index in [9.17, 15) is 0 Å². The van der Waals surface area contributed by atoms with Crippen molar-refractivity contribution in [1.82, 2.24) is 0 Å². The van der Waals surface area contributed by atoms with Crippen molar-refractivity contribution in [1.29, 1.82) is 0 Å². The van der Waals surface area contributed by atoms with Crippen LogP contribution in [0.25, 0.3) is 0 Å². The molecule has 2 aromatic carbocycles. The Bertz CT molecular complexity index is 546. The Kier molecular flexibility index (Phi) is 3.26. The van der Waals surface area contributed by atoms with Crippen LogP contribution in [0.4, 0.5) is 0 Å². The van der Waals surface area contributed by atoms with Crippen molar-refractivity contribution in [3.63, 3.8) is 0 Å². The van der Waals surface area contributed by atoms with E-state index >= 15 is 0 Å². The van der Waals surface area contributed by atoms with Gasteiger partial charge in [0.1, 0.15) is 12.4 Å². The summed E-state index contributed by atoms with van der Waals surface area (Å²) in [5.74, 6) is 0.901. The van der Waals surface area contributed by atoms with Crippen molar-refractivity contribution in [3.05, 3.63) is 65.7 Å². The van der Waals surface area contributed by atoms with E-state index in [1.54, 1.807) is 0 Å². The Morgan fingerprint density at radius 3 is 2.47 bits per heavy atom. The van der Waals surface area contributed by atoms with Crippen molar-refractivity contribution in [2.24, 2.45) is 5.73 Å². The monoisotopic (exact) mass is 253 g/mol. The quantitative estimate of drug-likeness (QED) is 0.903. The average Bonchev–Trinajstić information content (AvgIpc) is 2.44. The van der Waals surface area contributed by atoms with E-state index in [4.69, 9.17) is 10.5 Å². The van der Waals surface area contributed by atoms with Gasteiger partial charge in [-0.25, -0.2) is 0 Å². The van der Waals surface area contributed by atoms with Crippen molar-refractivity contribution < 1.29 is 4.74 Å². The van der Waals surface area contributed by atoms with Gasteiger partial charge in [-0.15, -0.1) is 0 Å². The van der Waals surface area contributed by atoms with Crippen molar-refractivity contribution in [3.8, 4) is 5.75 Å². The summed E-state index contributed by atoms with van der Waals surface area (Å²) in [6, 6.07) is 18.4. The summed E-state index contributed by atoms with van der Waals surface area (Å²) in [4.78, 5) is 0. The van der Waals surface area contributed by atoms with Gasteiger partial charge in [0.25, 0.3) is 0 Å². The first-order chi connectivity index (χ1) is 9.26. The van der Waals surface area contributed by atoms with Crippen LogP contribution in [0.1, 0.15) is 30.4 Å². The number of rotatable bonds is 4. The molecule has 3 rings (SSSR count). The van der Waals surface area contributed by atoms with Gasteiger partial charge in [0.05, 0.1) is 0 Å². The second-order valence-corrected chi connectivity index (χ2v) is 5.31. The summed E-state index contributed by atoms with van der Waals surface area (Å²) >= 11 is 0. The SMILES string of the molecule is NC1(c2cccc(OCc3ccccc3)c2)CCC1. The normalized spacial score (nSPS) is 16.7. The van der Waals surface area contributed by atoms with Crippen LogP contribution >= 0.6 is 0 Å². The Morgan fingerprint density at radius 1 is 1.00 bits per heavy atom. The molecule has 0 aromatic heterocycles. The van der Waals surface area contributed by atoms with E-state index in [-0.39, 0.29) is 5.54 Å². The number of benzene rings is 2. The van der Waals surface area contributed by atoms with Gasteiger partial charge >= 0.3 is 0 Å². The lowest BCUT2D eigenvalue weighted by Gasteiger charge is -2.38. The molecule has 1 saturated carbocycles. The van der Waals surface area contributed by atoms with E-state index in [0.717, 1.165) is 18.6 Å². The molecule has 0 radical (unpaired) electrons. The molecule has 0 spiro atoms. The molecule has 0 saturated heterocycles. The third-order valence-corrected chi connectivity index (χ3v) is 3.90. The largest absolute Gasteiger partial charge is 0.489 e. The van der Waals surface area contributed by atoms with Crippen molar-refractivity contribution in [2.45, 2.75) is 31.4 Å². The number of hydrogen-bond acceptors (Lipinski definition) is 2. The van der Waals surface area contributed by atoms with E-state index in [1.807, 2.05) is 30.3 Å². The van der Waals surface area contributed by atoms with E-state index in [1.165, 1.54) is 17.5 Å². The van der Waals surface area contributed by atoms with E-state index in [2.05, 4.69) is 24.3 Å². The zero-order valence-corrected chi connectivity index (χ0v) is 11.0. The van der Waals surface area contributed by atoms with E-state index in [0.29, 0.717) is 6.61 Å². The molecule has 1 aliphatic carbocycles. The standard InChI is InChI=1S/C17H19NO/c18-17(10-5-11-17)15-8-4-9-16(12-15)19-13-14-6-2-1-3-7-14/h1-4,6-9,12H,5,10-11,13,18H2. The van der Waals surface area contributed by atoms with Gasteiger partial charge in [-0.3, -0.25) is 0 Å². The molecule has 0 unspecified atom stereocenters. The molecule has 0 bridgehead atoms. The summed E-state index contributed by atoms with van der Waals surface area (Å²) in [5.41, 5.74) is 8.60. The first-order valence-corrected chi connectivity index (χ1v) is 6.82. The second kappa shape index (κ2) is 5.06. The molecule has 0 atom stereocenters. The molecular weight excluding hydrogens is 234 g/mol. The van der Waals surface area contributed by atoms with Crippen LogP contribution in [-0.4, -0.2) is 0 Å². The molecule has 2 nitrogen and oxygen atoms in total. The lowest BCUT2D eigenvalue weighted by molar-refractivity contribution is 0.251. The molecule has 2 heteroatoms. The first-order valence-electron chi connectivity index (χ1n) is 6.82. The number of ether oxygens (including phenoxy) is 1. The average molecular weight is 253 g/mol. The third kappa shape index (κ3) is 2.64. The molecule has 1 fully saturated rings. The predicted octanol–water partition coefficient (Wildman–Crippen LogP) is 3.60. The minimum absolute atomic E-state index is 0.119. The maximum Gasteiger partial charge on any atom is 0.120 e. The minimum atomic E-state index is -0.119. The van der Waals surface area contributed by atoms with E-state index < -0.39 is 0 Å². The molecule has 2 aromatic rings. The Balaban J connectivity index is 1.70. The van der Waals surface area contributed by atoms with Crippen molar-refractivity contribution >= 4 is 0 Å². The highest BCUT2D eigenvalue weighted by molar-refractivity contribution is 5.34. The highest BCUT2D eigenvalue weighted by Crippen LogP contribution is 2.39. The van der Waals surface area contributed by atoms with Gasteiger partial charge in [-0.2, -0.15) is 0 Å². The molecular formula is C17H19NO. The fourth-order valence-corrected chi connectivity index (χ4v) is 2.48. The highest BCUT2D eigenvalue weighted by Gasteiger charge is 2.34. The molecule has 0 amide bonds. The maximum atomic E-state index is 6.34. The van der Waals surface area contributed by atoms with Gasteiger partial charge < -0.3 is 10.5 Å². The summed E-state index contributed by atoms with van der Waals surface area (Å²) in [6.07, 6.45) is 3.38. The molecule has 98 valence electrons. The second-order valence-electron chi connectivity index (χ2n) is 5.31. The molecule has 1 aliphatic rings. The van der Waals surface area contributed by atoms with Gasteiger partial charge in [0.15, 0.2) is 0 Å². The van der Waals surface area contributed by atoms with Crippen LogP contribution in [0.3, 0.4) is 0 Å². The lowest BCUT2D eigenvalue weighted by atomic mass is 9.73. The smallest absolute Gasteiger partial charge is 0.120 e. The summed E-state index contributed by atoms with van der Waals surface area (Å²) in [6.45, 7) is 0.599. The van der Waals surface area contributed by atoms with Crippen molar-refractivity contribution in [2.75, 3.05) is 0 Å². The highest BCUT2D eigenvalue weighted by atomic mass is 16.5. The number of hydrogen-bond donors (Lipinski definition) is 1. The zero-order chi connectivity index (χ0) is 13.1. The van der Waals surface area contributed by atoms with Gasteiger partial charge in [0, 0.05) is 5.54 Å². The summed E-state index contributed by atoms with van der Waals surface area (Å²) in [7, 11) is 0. The van der Waals surface area contributed by atoms with Crippen LogP contribution in [-0.2, 0) is 12.1 Å². The Morgan fingerprint density at radius 2 is 1.79 bits per heavy atom. The lowest BCUT2D eigenvalue weighted by Crippen LogP contribution is -2.43. The van der Waals surface area contributed by atoms with Crippen LogP contribution < -0.4 is 10.5 Å². The molecule has 19 heavy (non-hydrogen) atoms. The van der Waals surface area contributed by atoms with Crippen LogP contribution in [0.5, 0.6) is 5.75 Å². The molecule has 0 aliphatic heterocycles. The summed E-state index contributed by atoms with van der Waals surface area (Å²) < 4.78 is 5.84. The third-order valence-electron chi connectivity index (χ3n) is 3.90. The van der Waals surface area contributed by atoms with Crippen LogP contribution in [0.2, 0.25) is 0 Å². The van der Waals surface area contributed by atoms with Gasteiger partial charge in [-0.1, -0.05) is 42.5 Å².